The third-order valence-electron chi connectivity index (χ3n) is 8.06. The van der Waals surface area contributed by atoms with Crippen LogP contribution in [0.15, 0.2) is 91.0 Å². The molecule has 4 rings (SSSR count). The fraction of sp³-hybridized carbons (Fsp3) is 0.361. The average Bonchev–Trinajstić information content (AvgIpc) is 3.60. The Bertz CT molecular complexity index is 1470. The smallest absolute Gasteiger partial charge is 0.407 e. The van der Waals surface area contributed by atoms with Gasteiger partial charge in [-0.25, -0.2) is 9.59 Å². The molecule has 3 amide bonds. The van der Waals surface area contributed by atoms with Gasteiger partial charge in [0.25, 0.3) is 5.91 Å². The number of hydrogen-bond acceptors (Lipinski definition) is 7. The minimum Gasteiger partial charge on any atom is -0.480 e. The summed E-state index contributed by atoms with van der Waals surface area (Å²) in [4.78, 5) is 65.5. The van der Waals surface area contributed by atoms with Gasteiger partial charge in [-0.3, -0.25) is 19.7 Å². The number of ether oxygens (including phenoxy) is 1. The van der Waals surface area contributed by atoms with Crippen molar-refractivity contribution < 1.29 is 33.8 Å². The molecule has 1 aliphatic heterocycles. The van der Waals surface area contributed by atoms with Gasteiger partial charge in [0.2, 0.25) is 5.91 Å². The van der Waals surface area contributed by atoms with E-state index < -0.39 is 30.2 Å². The fourth-order valence-corrected chi connectivity index (χ4v) is 5.51. The molecule has 248 valence electrons. The van der Waals surface area contributed by atoms with Crippen LogP contribution in [0.2, 0.25) is 0 Å². The summed E-state index contributed by atoms with van der Waals surface area (Å²) in [5.41, 5.74) is 2.16. The lowest BCUT2D eigenvalue weighted by atomic mass is 10.0. The summed E-state index contributed by atoms with van der Waals surface area (Å²) < 4.78 is 5.23. The second-order valence-corrected chi connectivity index (χ2v) is 11.5. The van der Waals surface area contributed by atoms with Crippen LogP contribution in [0, 0.1) is 0 Å². The van der Waals surface area contributed by atoms with Gasteiger partial charge in [-0.15, -0.1) is 0 Å². The van der Waals surface area contributed by atoms with Crippen molar-refractivity contribution in [1.82, 2.24) is 20.9 Å². The molecule has 1 saturated heterocycles. The maximum atomic E-state index is 13.6. The normalized spacial score (nSPS) is 15.3. The van der Waals surface area contributed by atoms with E-state index in [-0.39, 0.29) is 37.2 Å². The maximum absolute atomic E-state index is 13.6. The molecule has 4 N–H and O–H groups in total. The number of aliphatic carboxylic acids is 1. The molecule has 3 aromatic rings. The molecule has 1 heterocycles. The van der Waals surface area contributed by atoms with Crippen LogP contribution in [0.5, 0.6) is 0 Å². The first kappa shape index (κ1) is 34.8. The van der Waals surface area contributed by atoms with E-state index in [2.05, 4.69) is 16.0 Å². The molecule has 1 unspecified atom stereocenters. The Hall–Kier alpha value is -5.03. The third kappa shape index (κ3) is 11.1. The summed E-state index contributed by atoms with van der Waals surface area (Å²) in [5.74, 6) is -2.14. The predicted molar refractivity (Wildman–Crippen MR) is 175 cm³/mol. The Kier molecular flexibility index (Phi) is 13.5. The van der Waals surface area contributed by atoms with Crippen molar-refractivity contribution in [2.75, 3.05) is 19.6 Å². The monoisotopic (exact) mass is 642 g/mol. The first-order chi connectivity index (χ1) is 22.8. The highest BCUT2D eigenvalue weighted by Gasteiger charge is 2.37. The van der Waals surface area contributed by atoms with Crippen molar-refractivity contribution in [3.63, 3.8) is 0 Å². The molecule has 11 heteroatoms. The van der Waals surface area contributed by atoms with Crippen molar-refractivity contribution in [3.05, 3.63) is 108 Å². The highest BCUT2D eigenvalue weighted by atomic mass is 16.5. The van der Waals surface area contributed by atoms with Crippen LogP contribution < -0.4 is 16.0 Å². The quantitative estimate of drug-likeness (QED) is 0.163. The zero-order valence-electron chi connectivity index (χ0n) is 26.3. The number of carboxylic acids is 1. The number of alkyl carbamates (subject to hydrolysis) is 1. The molecular formula is C36H42N4O7. The van der Waals surface area contributed by atoms with Crippen molar-refractivity contribution in [2.45, 2.75) is 63.3 Å². The fourth-order valence-electron chi connectivity index (χ4n) is 5.51. The molecule has 0 saturated carbocycles. The van der Waals surface area contributed by atoms with E-state index in [9.17, 15) is 29.1 Å². The highest BCUT2D eigenvalue weighted by molar-refractivity contribution is 5.98. The van der Waals surface area contributed by atoms with Crippen molar-refractivity contribution in [2.24, 2.45) is 0 Å². The molecule has 1 fully saturated rings. The number of benzene rings is 3. The number of hydrogen-bond donors (Lipinski definition) is 4. The van der Waals surface area contributed by atoms with Crippen LogP contribution in [0.3, 0.4) is 0 Å². The van der Waals surface area contributed by atoms with Crippen LogP contribution in [-0.2, 0) is 32.1 Å². The minimum atomic E-state index is -1.06. The van der Waals surface area contributed by atoms with E-state index >= 15 is 0 Å². The zero-order chi connectivity index (χ0) is 33.4. The van der Waals surface area contributed by atoms with E-state index in [1.165, 1.54) is 4.90 Å². The van der Waals surface area contributed by atoms with Crippen molar-refractivity contribution in [3.8, 4) is 0 Å². The highest BCUT2D eigenvalue weighted by Crippen LogP contribution is 2.20. The molecule has 0 aromatic heterocycles. The number of carbonyl (C=O) groups excluding carboxylic acids is 4. The van der Waals surface area contributed by atoms with E-state index in [1.807, 2.05) is 60.7 Å². The first-order valence-electron chi connectivity index (χ1n) is 16.0. The molecule has 47 heavy (non-hydrogen) atoms. The molecular weight excluding hydrogens is 600 g/mol. The molecule has 1 aliphatic rings. The summed E-state index contributed by atoms with van der Waals surface area (Å²) in [6.45, 7) is 0.581. The Balaban J connectivity index is 1.36. The van der Waals surface area contributed by atoms with Crippen LogP contribution in [0.4, 0.5) is 4.79 Å². The Morgan fingerprint density at radius 3 is 2.13 bits per heavy atom. The van der Waals surface area contributed by atoms with Crippen LogP contribution in [-0.4, -0.2) is 77.4 Å². The van der Waals surface area contributed by atoms with Gasteiger partial charge >= 0.3 is 12.1 Å². The molecule has 3 aromatic carbocycles. The lowest BCUT2D eigenvalue weighted by Gasteiger charge is -2.28. The van der Waals surface area contributed by atoms with Crippen molar-refractivity contribution in [1.29, 1.82) is 0 Å². The van der Waals surface area contributed by atoms with Crippen LogP contribution in [0.25, 0.3) is 0 Å². The van der Waals surface area contributed by atoms with Gasteiger partial charge in [0.15, 0.2) is 5.78 Å². The Labute approximate surface area is 274 Å². The summed E-state index contributed by atoms with van der Waals surface area (Å²) in [7, 11) is 0. The SMILES string of the molecule is O=C(NCCCC[C@H](NCC(=O)C(Cc1ccccc1)NC(=O)c1ccccc1)C(=O)N1CCC[C@H]1C(=O)O)OCc1ccccc1. The number of nitrogens with one attached hydrogen (secondary N) is 3. The molecule has 3 atom stereocenters. The number of unbranched alkanes of at least 4 members (excludes halogenated alkanes) is 1. The topological polar surface area (TPSA) is 154 Å². The Morgan fingerprint density at radius 2 is 1.47 bits per heavy atom. The number of likely N-dealkylation sites (tertiary alicyclic amines) is 1. The number of ketones is 1. The summed E-state index contributed by atoms with van der Waals surface area (Å²) in [6, 6.07) is 24.7. The number of rotatable bonds is 17. The molecule has 0 spiro atoms. The summed E-state index contributed by atoms with van der Waals surface area (Å²) in [6.07, 6.45) is 2.02. The number of carboxylic acid groups (broad SMARTS) is 1. The second kappa shape index (κ2) is 18.2. The third-order valence-corrected chi connectivity index (χ3v) is 8.06. The molecule has 0 bridgehead atoms. The summed E-state index contributed by atoms with van der Waals surface area (Å²) in [5, 5.41) is 18.3. The van der Waals surface area contributed by atoms with Crippen LogP contribution in [0.1, 0.15) is 53.6 Å². The van der Waals surface area contributed by atoms with Gasteiger partial charge in [-0.2, -0.15) is 0 Å². The lowest BCUT2D eigenvalue weighted by molar-refractivity contribution is -0.149. The van der Waals surface area contributed by atoms with Crippen LogP contribution >= 0.6 is 0 Å². The summed E-state index contributed by atoms with van der Waals surface area (Å²) >= 11 is 0. The van der Waals surface area contributed by atoms with Gasteiger partial charge < -0.3 is 25.4 Å². The van der Waals surface area contributed by atoms with Gasteiger partial charge in [-0.1, -0.05) is 78.9 Å². The number of amides is 3. The van der Waals surface area contributed by atoms with Gasteiger partial charge in [0.1, 0.15) is 12.6 Å². The Morgan fingerprint density at radius 1 is 0.830 bits per heavy atom. The molecule has 0 radical (unpaired) electrons. The number of carbonyl (C=O) groups is 5. The zero-order valence-corrected chi connectivity index (χ0v) is 26.3. The standard InChI is InChI=1S/C36H42N4O7/c41-32(30(23-26-13-4-1-5-14-26)39-33(42)28-17-8-3-9-18-28)24-38-29(34(43)40-22-12-20-31(40)35(44)45)19-10-11-21-37-36(46)47-25-27-15-6-2-7-16-27/h1-9,13-18,29-31,38H,10-12,19-25H2,(H,37,46)(H,39,42)(H,44,45)/t29-,30?,31-/m0/s1. The molecule has 11 nitrogen and oxygen atoms in total. The number of Topliss-reactive ketones (excluding diaryl/α,β-unsaturated/α-hetero) is 1. The molecule has 0 aliphatic carbocycles. The van der Waals surface area contributed by atoms with Gasteiger partial charge in [0.05, 0.1) is 18.6 Å². The minimum absolute atomic E-state index is 0.152. The van der Waals surface area contributed by atoms with E-state index in [0.717, 1.165) is 11.1 Å². The lowest BCUT2D eigenvalue weighted by Crippen LogP contribution is -2.53. The second-order valence-electron chi connectivity index (χ2n) is 11.5. The van der Waals surface area contributed by atoms with Crippen molar-refractivity contribution >= 4 is 29.7 Å². The predicted octanol–water partition coefficient (Wildman–Crippen LogP) is 3.73. The maximum Gasteiger partial charge on any atom is 0.407 e. The first-order valence-corrected chi connectivity index (χ1v) is 16.0. The van der Waals surface area contributed by atoms with Gasteiger partial charge in [0, 0.05) is 18.7 Å². The largest absolute Gasteiger partial charge is 0.480 e. The van der Waals surface area contributed by atoms with E-state index in [0.29, 0.717) is 50.8 Å². The van der Waals surface area contributed by atoms with Gasteiger partial charge in [-0.05, 0) is 61.8 Å². The average molecular weight is 643 g/mol. The number of nitrogens with zero attached hydrogens (tertiary/aromatic N) is 1. The van der Waals surface area contributed by atoms with E-state index in [4.69, 9.17) is 4.74 Å². The van der Waals surface area contributed by atoms with E-state index in [1.54, 1.807) is 30.3 Å².